The van der Waals surface area contributed by atoms with Crippen LogP contribution in [0.15, 0.2) is 42.0 Å². The van der Waals surface area contributed by atoms with Gasteiger partial charge in [-0.1, -0.05) is 36.2 Å². The second kappa shape index (κ2) is 9.41. The maximum absolute atomic E-state index is 13.0. The summed E-state index contributed by atoms with van der Waals surface area (Å²) in [6, 6.07) is 8.48. The Balaban J connectivity index is 2.01. The Hall–Kier alpha value is -3.03. The van der Waals surface area contributed by atoms with Gasteiger partial charge in [-0.15, -0.1) is 0 Å². The highest BCUT2D eigenvalue weighted by Crippen LogP contribution is 2.38. The van der Waals surface area contributed by atoms with E-state index in [4.69, 9.17) is 32.7 Å². The molecule has 2 aromatic rings. The zero-order valence-corrected chi connectivity index (χ0v) is 18.6. The van der Waals surface area contributed by atoms with Gasteiger partial charge < -0.3 is 9.47 Å². The van der Waals surface area contributed by atoms with Crippen molar-refractivity contribution < 1.29 is 23.9 Å². The molecular formula is C22H20Cl2N2O5. The van der Waals surface area contributed by atoms with Crippen molar-refractivity contribution in [3.8, 4) is 11.5 Å². The lowest BCUT2D eigenvalue weighted by Gasteiger charge is -2.26. The van der Waals surface area contributed by atoms with Gasteiger partial charge in [0.05, 0.1) is 23.9 Å². The second-order valence-electron chi connectivity index (χ2n) is 6.81. The maximum atomic E-state index is 13.0. The third kappa shape index (κ3) is 4.84. The van der Waals surface area contributed by atoms with Gasteiger partial charge in [0, 0.05) is 5.02 Å². The van der Waals surface area contributed by atoms with Gasteiger partial charge in [0.25, 0.3) is 11.8 Å². The predicted octanol–water partition coefficient (Wildman–Crippen LogP) is 4.85. The smallest absolute Gasteiger partial charge is 0.335 e. The quantitative estimate of drug-likeness (QED) is 0.489. The van der Waals surface area contributed by atoms with Gasteiger partial charge in [-0.3, -0.25) is 14.9 Å². The molecule has 162 valence electrons. The largest absolute Gasteiger partial charge is 0.493 e. The molecule has 1 heterocycles. The molecule has 0 saturated carbocycles. The van der Waals surface area contributed by atoms with Gasteiger partial charge in [-0.2, -0.15) is 0 Å². The Kier molecular flexibility index (Phi) is 6.87. The number of ether oxygens (including phenoxy) is 2. The first-order chi connectivity index (χ1) is 14.7. The van der Waals surface area contributed by atoms with Crippen molar-refractivity contribution >= 4 is 52.8 Å². The summed E-state index contributed by atoms with van der Waals surface area (Å²) in [5.41, 5.74) is 0.423. The molecule has 1 fully saturated rings. The molecule has 0 bridgehead atoms. The lowest BCUT2D eigenvalue weighted by molar-refractivity contribution is -0.122. The number of carbonyl (C=O) groups excluding carboxylic acids is 3. The van der Waals surface area contributed by atoms with E-state index in [1.807, 2.05) is 13.8 Å². The molecule has 2 aromatic carbocycles. The second-order valence-corrected chi connectivity index (χ2v) is 7.65. The number of hydrogen-bond donors (Lipinski definition) is 1. The van der Waals surface area contributed by atoms with Crippen LogP contribution in [0.3, 0.4) is 0 Å². The molecule has 1 aliphatic rings. The molecule has 7 nitrogen and oxygen atoms in total. The molecule has 1 aliphatic heterocycles. The van der Waals surface area contributed by atoms with E-state index in [-0.39, 0.29) is 22.4 Å². The zero-order valence-electron chi connectivity index (χ0n) is 17.1. The Labute approximate surface area is 189 Å². The first-order valence-electron chi connectivity index (χ1n) is 9.46. The predicted molar refractivity (Wildman–Crippen MR) is 119 cm³/mol. The zero-order chi connectivity index (χ0) is 22.7. The van der Waals surface area contributed by atoms with Gasteiger partial charge >= 0.3 is 6.03 Å². The first-order valence-corrected chi connectivity index (χ1v) is 10.2. The van der Waals surface area contributed by atoms with Crippen LogP contribution in [0.5, 0.6) is 11.5 Å². The minimum absolute atomic E-state index is 0.0847. The third-order valence-electron chi connectivity index (χ3n) is 4.62. The third-order valence-corrected chi connectivity index (χ3v) is 5.14. The summed E-state index contributed by atoms with van der Waals surface area (Å²) in [7, 11) is 1.46. The number of methoxy groups -OCH3 is 1. The number of nitrogens with zero attached hydrogens (tertiary/aromatic N) is 1. The molecule has 1 saturated heterocycles. The number of barbiturate groups is 1. The van der Waals surface area contributed by atoms with Crippen molar-refractivity contribution in [1.29, 1.82) is 0 Å². The van der Waals surface area contributed by atoms with E-state index < -0.39 is 17.8 Å². The normalized spacial score (nSPS) is 16.4. The molecule has 0 spiro atoms. The number of rotatable bonds is 6. The summed E-state index contributed by atoms with van der Waals surface area (Å²) in [4.78, 5) is 38.5. The number of urea groups is 1. The summed E-state index contributed by atoms with van der Waals surface area (Å²) in [6.45, 7) is 3.88. The fourth-order valence-corrected chi connectivity index (χ4v) is 3.34. The van der Waals surface area contributed by atoms with E-state index in [0.717, 1.165) is 11.3 Å². The van der Waals surface area contributed by atoms with Gasteiger partial charge in [0.2, 0.25) is 0 Å². The molecule has 31 heavy (non-hydrogen) atoms. The summed E-state index contributed by atoms with van der Waals surface area (Å²) in [5.74, 6) is -0.878. The molecule has 0 aliphatic carbocycles. The van der Waals surface area contributed by atoms with Crippen LogP contribution < -0.4 is 19.7 Å². The number of anilines is 1. The van der Waals surface area contributed by atoms with Gasteiger partial charge in [-0.25, -0.2) is 9.69 Å². The monoisotopic (exact) mass is 462 g/mol. The van der Waals surface area contributed by atoms with Crippen LogP contribution in [0.2, 0.25) is 10.0 Å². The topological polar surface area (TPSA) is 84.9 Å². The molecular weight excluding hydrogens is 443 g/mol. The number of benzene rings is 2. The van der Waals surface area contributed by atoms with Crippen molar-refractivity contribution in [2.75, 3.05) is 12.0 Å². The highest BCUT2D eigenvalue weighted by Gasteiger charge is 2.37. The van der Waals surface area contributed by atoms with E-state index in [2.05, 4.69) is 5.32 Å². The van der Waals surface area contributed by atoms with E-state index in [1.165, 1.54) is 25.3 Å². The van der Waals surface area contributed by atoms with Gasteiger partial charge in [0.1, 0.15) is 5.57 Å². The van der Waals surface area contributed by atoms with E-state index >= 15 is 0 Å². The van der Waals surface area contributed by atoms with Crippen molar-refractivity contribution in [2.45, 2.75) is 26.4 Å². The fraction of sp³-hybridized carbons (Fsp3) is 0.227. The van der Waals surface area contributed by atoms with Crippen molar-refractivity contribution in [1.82, 2.24) is 5.32 Å². The van der Waals surface area contributed by atoms with E-state index in [9.17, 15) is 14.4 Å². The standard InChI is InChI=1S/C22H20Cl2N2O5/c1-4-12(2)31-19-17(24)9-13(10-18(19)30-3)8-16-20(27)25-22(29)26(21(16)28)15-7-5-6-14(23)11-15/h5-12H,4H2,1-3H3,(H,25,27,29)/b16-8+/t12-/m0/s1. The van der Waals surface area contributed by atoms with Gasteiger partial charge in [-0.05, 0) is 55.3 Å². The summed E-state index contributed by atoms with van der Waals surface area (Å²) >= 11 is 12.3. The Bertz CT molecular complexity index is 1080. The van der Waals surface area contributed by atoms with Crippen LogP contribution in [-0.4, -0.2) is 31.1 Å². The summed E-state index contributed by atoms with van der Waals surface area (Å²) in [6.07, 6.45) is 2.02. The van der Waals surface area contributed by atoms with Crippen LogP contribution in [0.25, 0.3) is 6.08 Å². The SMILES string of the molecule is CC[C@H](C)Oc1c(Cl)cc(/C=C2\C(=O)NC(=O)N(c3cccc(Cl)c3)C2=O)cc1OC. The lowest BCUT2D eigenvalue weighted by atomic mass is 10.1. The number of hydrogen-bond acceptors (Lipinski definition) is 5. The summed E-state index contributed by atoms with van der Waals surface area (Å²) < 4.78 is 11.2. The number of nitrogens with one attached hydrogen (secondary N) is 1. The van der Waals surface area contributed by atoms with Gasteiger partial charge in [0.15, 0.2) is 11.5 Å². The Morgan fingerprint density at radius 2 is 1.90 bits per heavy atom. The molecule has 0 unspecified atom stereocenters. The Morgan fingerprint density at radius 3 is 2.55 bits per heavy atom. The van der Waals surface area contributed by atoms with Crippen LogP contribution >= 0.6 is 23.2 Å². The number of halogens is 2. The molecule has 4 amide bonds. The number of carbonyl (C=O) groups is 3. The van der Waals surface area contributed by atoms with Crippen LogP contribution in [0.1, 0.15) is 25.8 Å². The van der Waals surface area contributed by atoms with Crippen LogP contribution in [0.4, 0.5) is 10.5 Å². The average Bonchev–Trinajstić information content (AvgIpc) is 2.72. The minimum atomic E-state index is -0.859. The molecule has 9 heteroatoms. The highest BCUT2D eigenvalue weighted by molar-refractivity contribution is 6.39. The van der Waals surface area contributed by atoms with Crippen LogP contribution in [0, 0.1) is 0 Å². The van der Waals surface area contributed by atoms with Crippen molar-refractivity contribution in [2.24, 2.45) is 0 Å². The molecule has 3 rings (SSSR count). The molecule has 0 aromatic heterocycles. The first kappa shape index (κ1) is 22.7. The minimum Gasteiger partial charge on any atom is -0.493 e. The fourth-order valence-electron chi connectivity index (χ4n) is 2.90. The number of imide groups is 2. The summed E-state index contributed by atoms with van der Waals surface area (Å²) in [5, 5.41) is 2.77. The van der Waals surface area contributed by atoms with Crippen LogP contribution in [-0.2, 0) is 9.59 Å². The van der Waals surface area contributed by atoms with E-state index in [1.54, 1.807) is 24.3 Å². The van der Waals surface area contributed by atoms with Crippen molar-refractivity contribution in [3.05, 3.63) is 57.6 Å². The number of amides is 4. The average molecular weight is 463 g/mol. The Morgan fingerprint density at radius 1 is 1.16 bits per heavy atom. The molecule has 1 N–H and O–H groups in total. The molecule has 0 radical (unpaired) electrons. The van der Waals surface area contributed by atoms with E-state index in [0.29, 0.717) is 22.1 Å². The maximum Gasteiger partial charge on any atom is 0.335 e. The van der Waals surface area contributed by atoms with Crippen molar-refractivity contribution in [3.63, 3.8) is 0 Å². The highest BCUT2D eigenvalue weighted by atomic mass is 35.5. The lowest BCUT2D eigenvalue weighted by Crippen LogP contribution is -2.54. The molecule has 1 atom stereocenters.